The molecule has 0 amide bonds. The molecule has 0 spiro atoms. The lowest BCUT2D eigenvalue weighted by Gasteiger charge is -2.37. The maximum Gasteiger partial charge on any atom is 0.0440 e. The molecule has 1 N–H and O–H groups in total. The first kappa shape index (κ1) is 15.3. The molecule has 2 saturated carbocycles. The van der Waals surface area contributed by atoms with E-state index in [9.17, 15) is 0 Å². The van der Waals surface area contributed by atoms with E-state index in [4.69, 9.17) is 11.6 Å². The number of halogens is 1. The van der Waals surface area contributed by atoms with Gasteiger partial charge in [0.15, 0.2) is 0 Å². The van der Waals surface area contributed by atoms with Crippen LogP contribution in [0.5, 0.6) is 0 Å². The van der Waals surface area contributed by atoms with Gasteiger partial charge in [-0.05, 0) is 50.3 Å². The molecule has 2 aliphatic rings. The monoisotopic (exact) mass is 306 g/mol. The summed E-state index contributed by atoms with van der Waals surface area (Å²) in [6, 6.07) is 9.82. The zero-order valence-electron chi connectivity index (χ0n) is 13.0. The molecule has 0 radical (unpaired) electrons. The van der Waals surface area contributed by atoms with Crippen molar-refractivity contribution in [1.29, 1.82) is 0 Å². The first-order chi connectivity index (χ1) is 10.2. The second kappa shape index (κ2) is 7.13. The zero-order valence-corrected chi connectivity index (χ0v) is 13.8. The maximum absolute atomic E-state index is 6.27. The molecule has 3 heteroatoms. The van der Waals surface area contributed by atoms with Crippen molar-refractivity contribution in [3.8, 4) is 0 Å². The predicted molar refractivity (Wildman–Crippen MR) is 90.1 cm³/mol. The van der Waals surface area contributed by atoms with E-state index in [0.717, 1.165) is 17.6 Å². The first-order valence-corrected chi connectivity index (χ1v) is 8.80. The van der Waals surface area contributed by atoms with Crippen LogP contribution in [0.3, 0.4) is 0 Å². The zero-order chi connectivity index (χ0) is 14.7. The second-order valence-corrected chi connectivity index (χ2v) is 7.17. The third-order valence-corrected chi connectivity index (χ3v) is 5.67. The predicted octanol–water partition coefficient (Wildman–Crippen LogP) is 4.05. The van der Waals surface area contributed by atoms with Gasteiger partial charge in [0.05, 0.1) is 0 Å². The van der Waals surface area contributed by atoms with E-state index in [-0.39, 0.29) is 0 Å². The number of rotatable bonds is 6. The van der Waals surface area contributed by atoms with Crippen molar-refractivity contribution in [2.75, 3.05) is 20.1 Å². The number of hydrogen-bond acceptors (Lipinski definition) is 2. The minimum atomic E-state index is 0.656. The summed E-state index contributed by atoms with van der Waals surface area (Å²) in [6.07, 6.45) is 8.10. The fourth-order valence-electron chi connectivity index (χ4n) is 3.82. The molecule has 1 aromatic carbocycles. The van der Waals surface area contributed by atoms with Gasteiger partial charge in [0, 0.05) is 30.2 Å². The summed E-state index contributed by atoms with van der Waals surface area (Å²) >= 11 is 6.27. The molecule has 3 rings (SSSR count). The van der Waals surface area contributed by atoms with Crippen molar-refractivity contribution in [2.24, 2.45) is 0 Å². The van der Waals surface area contributed by atoms with Gasteiger partial charge in [-0.1, -0.05) is 42.6 Å². The molecule has 21 heavy (non-hydrogen) atoms. The highest BCUT2D eigenvalue weighted by Crippen LogP contribution is 2.39. The summed E-state index contributed by atoms with van der Waals surface area (Å²) in [7, 11) is 2.28. The maximum atomic E-state index is 6.27. The number of nitrogens with one attached hydrogen (secondary N) is 1. The summed E-state index contributed by atoms with van der Waals surface area (Å²) in [4.78, 5) is 2.55. The lowest BCUT2D eigenvalue weighted by molar-refractivity contribution is 0.225. The molecule has 2 nitrogen and oxygen atoms in total. The SMILES string of the molecule is CN(CCNC1CC(c2ccccc2Cl)C1)C1CCCC1. The van der Waals surface area contributed by atoms with E-state index >= 15 is 0 Å². The van der Waals surface area contributed by atoms with E-state index in [1.54, 1.807) is 0 Å². The third kappa shape index (κ3) is 3.80. The molecule has 0 aliphatic heterocycles. The Kier molecular flexibility index (Phi) is 5.20. The van der Waals surface area contributed by atoms with Crippen molar-refractivity contribution in [3.63, 3.8) is 0 Å². The minimum Gasteiger partial charge on any atom is -0.313 e. The van der Waals surface area contributed by atoms with Crippen LogP contribution in [0.2, 0.25) is 5.02 Å². The van der Waals surface area contributed by atoms with Gasteiger partial charge >= 0.3 is 0 Å². The van der Waals surface area contributed by atoms with E-state index in [2.05, 4.69) is 29.4 Å². The molecule has 2 fully saturated rings. The van der Waals surface area contributed by atoms with Crippen molar-refractivity contribution >= 4 is 11.6 Å². The molecule has 116 valence electrons. The lowest BCUT2D eigenvalue weighted by Crippen LogP contribution is -2.44. The Bertz CT molecular complexity index is 450. The summed E-state index contributed by atoms with van der Waals surface area (Å²) in [5.74, 6) is 0.656. The van der Waals surface area contributed by atoms with Crippen LogP contribution in [0.1, 0.15) is 50.0 Å². The summed E-state index contributed by atoms with van der Waals surface area (Å²) in [6.45, 7) is 2.30. The van der Waals surface area contributed by atoms with E-state index < -0.39 is 0 Å². The van der Waals surface area contributed by atoms with Crippen molar-refractivity contribution in [2.45, 2.75) is 56.5 Å². The molecule has 0 saturated heterocycles. The van der Waals surface area contributed by atoms with Crippen LogP contribution in [-0.4, -0.2) is 37.1 Å². The van der Waals surface area contributed by atoms with Crippen LogP contribution in [0.4, 0.5) is 0 Å². The van der Waals surface area contributed by atoms with E-state index in [1.165, 1.54) is 50.6 Å². The Balaban J connectivity index is 1.35. The average Bonchev–Trinajstić information content (AvgIpc) is 2.96. The van der Waals surface area contributed by atoms with Gasteiger partial charge < -0.3 is 10.2 Å². The first-order valence-electron chi connectivity index (χ1n) is 8.42. The Morgan fingerprint density at radius 3 is 2.62 bits per heavy atom. The Morgan fingerprint density at radius 1 is 1.19 bits per heavy atom. The molecule has 0 heterocycles. The topological polar surface area (TPSA) is 15.3 Å². The molecule has 0 atom stereocenters. The van der Waals surface area contributed by atoms with Gasteiger partial charge in [0.2, 0.25) is 0 Å². The highest BCUT2D eigenvalue weighted by molar-refractivity contribution is 6.31. The Labute approximate surface area is 133 Å². The summed E-state index contributed by atoms with van der Waals surface area (Å²) in [5, 5.41) is 4.64. The highest BCUT2D eigenvalue weighted by atomic mass is 35.5. The van der Waals surface area contributed by atoms with Crippen LogP contribution in [0.15, 0.2) is 24.3 Å². The van der Waals surface area contributed by atoms with Gasteiger partial charge in [-0.15, -0.1) is 0 Å². The second-order valence-electron chi connectivity index (χ2n) is 6.76. The van der Waals surface area contributed by atoms with Crippen molar-refractivity contribution in [1.82, 2.24) is 10.2 Å². The molecular weight excluding hydrogens is 280 g/mol. The number of likely N-dealkylation sites (N-methyl/N-ethyl adjacent to an activating group) is 1. The fourth-order valence-corrected chi connectivity index (χ4v) is 4.11. The van der Waals surface area contributed by atoms with E-state index in [1.807, 2.05) is 12.1 Å². The standard InChI is InChI=1S/C18H27ClN2/c1-21(16-6-2-3-7-16)11-10-20-15-12-14(13-15)17-8-4-5-9-18(17)19/h4-5,8-9,14-16,20H,2-3,6-7,10-13H2,1H3. The van der Waals surface area contributed by atoms with Crippen LogP contribution < -0.4 is 5.32 Å². The molecule has 0 aromatic heterocycles. The van der Waals surface area contributed by atoms with Crippen LogP contribution >= 0.6 is 11.6 Å². The quantitative estimate of drug-likeness (QED) is 0.853. The van der Waals surface area contributed by atoms with Crippen LogP contribution in [0.25, 0.3) is 0 Å². The molecular formula is C18H27ClN2. The fraction of sp³-hybridized carbons (Fsp3) is 0.667. The van der Waals surface area contributed by atoms with E-state index in [0.29, 0.717) is 12.0 Å². The Morgan fingerprint density at radius 2 is 1.90 bits per heavy atom. The van der Waals surface area contributed by atoms with Gasteiger partial charge in [-0.3, -0.25) is 0 Å². The normalized spacial score (nSPS) is 26.2. The Hall–Kier alpha value is -0.570. The number of hydrogen-bond donors (Lipinski definition) is 1. The molecule has 0 bridgehead atoms. The van der Waals surface area contributed by atoms with Crippen molar-refractivity contribution < 1.29 is 0 Å². The van der Waals surface area contributed by atoms with Gasteiger partial charge in [-0.2, -0.15) is 0 Å². The lowest BCUT2D eigenvalue weighted by atomic mass is 9.76. The van der Waals surface area contributed by atoms with Gasteiger partial charge in [0.1, 0.15) is 0 Å². The summed E-state index contributed by atoms with van der Waals surface area (Å²) < 4.78 is 0. The van der Waals surface area contributed by atoms with Crippen molar-refractivity contribution in [3.05, 3.63) is 34.9 Å². The molecule has 1 aromatic rings. The van der Waals surface area contributed by atoms with Gasteiger partial charge in [0.25, 0.3) is 0 Å². The molecule has 0 unspecified atom stereocenters. The third-order valence-electron chi connectivity index (χ3n) is 5.33. The van der Waals surface area contributed by atoms with Crippen LogP contribution in [-0.2, 0) is 0 Å². The highest BCUT2D eigenvalue weighted by Gasteiger charge is 2.31. The minimum absolute atomic E-state index is 0.656. The van der Waals surface area contributed by atoms with Crippen LogP contribution in [0, 0.1) is 0 Å². The average molecular weight is 307 g/mol. The summed E-state index contributed by atoms with van der Waals surface area (Å²) in [5.41, 5.74) is 1.33. The largest absolute Gasteiger partial charge is 0.313 e. The smallest absolute Gasteiger partial charge is 0.0440 e. The molecule has 2 aliphatic carbocycles. The van der Waals surface area contributed by atoms with Gasteiger partial charge in [-0.25, -0.2) is 0 Å². The number of nitrogens with zero attached hydrogens (tertiary/aromatic N) is 1. The number of benzene rings is 1.